The van der Waals surface area contributed by atoms with E-state index >= 15 is 0 Å². The van der Waals surface area contributed by atoms with Gasteiger partial charge in [-0.15, -0.1) is 0 Å². The highest BCUT2D eigenvalue weighted by Gasteiger charge is 2.27. The molecule has 27 heavy (non-hydrogen) atoms. The average molecular weight is 401 g/mol. The van der Waals surface area contributed by atoms with Crippen molar-refractivity contribution >= 4 is 10.0 Å². The summed E-state index contributed by atoms with van der Waals surface area (Å²) in [6.07, 6.45) is 4.85. The molecule has 7 heteroatoms. The molecule has 0 saturated heterocycles. The van der Waals surface area contributed by atoms with Crippen LogP contribution in [0.1, 0.15) is 65.4 Å². The Bertz CT molecular complexity index is 627. The number of benzene rings is 1. The van der Waals surface area contributed by atoms with Crippen LogP contribution in [0.25, 0.3) is 0 Å². The summed E-state index contributed by atoms with van der Waals surface area (Å²) >= 11 is 0. The summed E-state index contributed by atoms with van der Waals surface area (Å²) in [7, 11) is -3.24. The molecule has 1 rings (SSSR count). The Labute approximate surface area is 165 Å². The van der Waals surface area contributed by atoms with E-state index in [9.17, 15) is 8.42 Å². The van der Waals surface area contributed by atoms with Gasteiger partial charge in [0.1, 0.15) is 5.75 Å². The summed E-state index contributed by atoms with van der Waals surface area (Å²) in [6, 6.07) is 7.94. The van der Waals surface area contributed by atoms with Crippen LogP contribution >= 0.6 is 0 Å². The summed E-state index contributed by atoms with van der Waals surface area (Å²) in [4.78, 5) is 5.49. The Morgan fingerprint density at radius 2 is 1.78 bits per heavy atom. The maximum Gasteiger partial charge on any atom is 0.216 e. The first kappa shape index (κ1) is 23.9. The number of unbranched alkanes of at least 4 members (excludes halogenated alkanes) is 3. The molecule has 1 aromatic rings. The van der Waals surface area contributed by atoms with Gasteiger partial charge in [0.15, 0.2) is 0 Å². The van der Waals surface area contributed by atoms with Gasteiger partial charge < -0.3 is 4.74 Å². The van der Waals surface area contributed by atoms with Crippen LogP contribution in [0.4, 0.5) is 0 Å². The van der Waals surface area contributed by atoms with Gasteiger partial charge in [0, 0.05) is 13.1 Å². The molecule has 0 aliphatic heterocycles. The van der Waals surface area contributed by atoms with Crippen molar-refractivity contribution in [2.24, 2.45) is 0 Å². The minimum absolute atomic E-state index is 0.477. The van der Waals surface area contributed by atoms with E-state index in [4.69, 9.17) is 9.57 Å². The van der Waals surface area contributed by atoms with E-state index in [0.29, 0.717) is 13.2 Å². The topological polar surface area (TPSA) is 76.7 Å². The predicted octanol–water partition coefficient (Wildman–Crippen LogP) is 3.77. The number of nitrogens with one attached hydrogen (secondary N) is 2. The quantitative estimate of drug-likeness (QED) is 0.367. The summed E-state index contributed by atoms with van der Waals surface area (Å²) in [6.45, 7) is 9.67. The minimum Gasteiger partial charge on any atom is -0.494 e. The number of hydrogen-bond donors (Lipinski definition) is 2. The van der Waals surface area contributed by atoms with Gasteiger partial charge >= 0.3 is 0 Å². The van der Waals surface area contributed by atoms with Gasteiger partial charge in [-0.3, -0.25) is 4.84 Å². The van der Waals surface area contributed by atoms with E-state index in [-0.39, 0.29) is 0 Å². The highest BCUT2D eigenvalue weighted by molar-refractivity contribution is 7.90. The van der Waals surface area contributed by atoms with Gasteiger partial charge in [-0.1, -0.05) is 31.9 Å². The highest BCUT2D eigenvalue weighted by Crippen LogP contribution is 2.14. The second-order valence-electron chi connectivity index (χ2n) is 7.60. The summed E-state index contributed by atoms with van der Waals surface area (Å²) in [5, 5.41) is 0. The normalized spacial score (nSPS) is 12.3. The molecule has 0 fully saturated rings. The first-order chi connectivity index (χ1) is 12.8. The van der Waals surface area contributed by atoms with Gasteiger partial charge in [-0.2, -0.15) is 0 Å². The van der Waals surface area contributed by atoms with Gasteiger partial charge in [0.25, 0.3) is 0 Å². The second-order valence-corrected chi connectivity index (χ2v) is 10.1. The highest BCUT2D eigenvalue weighted by atomic mass is 32.2. The SMILES string of the molecule is CCCCOc1cccc(CONCCCCCNS(=O)(=O)C(C)(C)C)c1. The van der Waals surface area contributed by atoms with Crippen LogP contribution in [-0.4, -0.2) is 32.9 Å². The van der Waals surface area contributed by atoms with Crippen LogP contribution in [0.2, 0.25) is 0 Å². The van der Waals surface area contributed by atoms with E-state index in [1.165, 1.54) is 0 Å². The molecular formula is C20H36N2O4S. The van der Waals surface area contributed by atoms with E-state index in [0.717, 1.165) is 56.6 Å². The average Bonchev–Trinajstić information content (AvgIpc) is 2.60. The molecule has 0 amide bonds. The van der Waals surface area contributed by atoms with Crippen LogP contribution in [-0.2, 0) is 21.5 Å². The summed E-state index contributed by atoms with van der Waals surface area (Å²) in [5.41, 5.74) is 4.02. The van der Waals surface area contributed by atoms with Crippen molar-refractivity contribution in [2.75, 3.05) is 19.7 Å². The van der Waals surface area contributed by atoms with Crippen LogP contribution < -0.4 is 14.9 Å². The molecule has 0 unspecified atom stereocenters. The van der Waals surface area contributed by atoms with Crippen LogP contribution in [0.3, 0.4) is 0 Å². The zero-order valence-electron chi connectivity index (χ0n) is 17.2. The lowest BCUT2D eigenvalue weighted by Gasteiger charge is -2.19. The molecule has 1 aromatic carbocycles. The lowest BCUT2D eigenvalue weighted by Crippen LogP contribution is -2.39. The van der Waals surface area contributed by atoms with Crippen molar-refractivity contribution in [1.29, 1.82) is 0 Å². The molecule has 0 heterocycles. The third-order valence-electron chi connectivity index (χ3n) is 4.06. The predicted molar refractivity (Wildman–Crippen MR) is 110 cm³/mol. The van der Waals surface area contributed by atoms with Gasteiger partial charge in [0.2, 0.25) is 10.0 Å². The van der Waals surface area contributed by atoms with Gasteiger partial charge in [0.05, 0.1) is 18.0 Å². The Morgan fingerprint density at radius 1 is 1.04 bits per heavy atom. The molecule has 0 bridgehead atoms. The van der Waals surface area contributed by atoms with E-state index in [2.05, 4.69) is 17.1 Å². The largest absolute Gasteiger partial charge is 0.494 e. The van der Waals surface area contributed by atoms with Crippen molar-refractivity contribution < 1.29 is 18.0 Å². The molecule has 156 valence electrons. The number of sulfonamides is 1. The van der Waals surface area contributed by atoms with Crippen molar-refractivity contribution in [3.63, 3.8) is 0 Å². The first-order valence-electron chi connectivity index (χ1n) is 9.82. The summed E-state index contributed by atoms with van der Waals surface area (Å²) in [5.74, 6) is 0.877. The Kier molecular flexibility index (Phi) is 10.9. The smallest absolute Gasteiger partial charge is 0.216 e. The molecule has 2 N–H and O–H groups in total. The van der Waals surface area contributed by atoms with E-state index in [1.807, 2.05) is 24.3 Å². The maximum atomic E-state index is 11.9. The number of ether oxygens (including phenoxy) is 1. The van der Waals surface area contributed by atoms with Crippen LogP contribution in [0.15, 0.2) is 24.3 Å². The van der Waals surface area contributed by atoms with E-state index in [1.54, 1.807) is 20.8 Å². The Hall–Kier alpha value is -1.15. The zero-order valence-corrected chi connectivity index (χ0v) is 18.0. The molecule has 0 aromatic heterocycles. The van der Waals surface area contributed by atoms with E-state index < -0.39 is 14.8 Å². The fourth-order valence-electron chi connectivity index (χ4n) is 2.19. The van der Waals surface area contributed by atoms with Gasteiger partial charge in [-0.05, 0) is 57.7 Å². The molecule has 0 aliphatic rings. The fourth-order valence-corrected chi connectivity index (χ4v) is 3.03. The van der Waals surface area contributed by atoms with Crippen LogP contribution in [0.5, 0.6) is 5.75 Å². The summed E-state index contributed by atoms with van der Waals surface area (Å²) < 4.78 is 31.4. The van der Waals surface area contributed by atoms with Crippen molar-refractivity contribution in [1.82, 2.24) is 10.2 Å². The molecule has 0 radical (unpaired) electrons. The molecular weight excluding hydrogens is 364 g/mol. The number of hydroxylamine groups is 1. The Morgan fingerprint density at radius 3 is 2.48 bits per heavy atom. The third-order valence-corrected chi connectivity index (χ3v) is 6.26. The van der Waals surface area contributed by atoms with Crippen molar-refractivity contribution in [3.05, 3.63) is 29.8 Å². The number of rotatable bonds is 14. The lowest BCUT2D eigenvalue weighted by atomic mass is 10.2. The molecule has 0 spiro atoms. The standard InChI is InChI=1S/C20H36N2O4S/c1-5-6-15-25-19-12-10-11-18(16-19)17-26-21-13-8-7-9-14-22-27(23,24)20(2,3)4/h10-12,16,21-22H,5-9,13-15,17H2,1-4H3. The third kappa shape index (κ3) is 10.1. The van der Waals surface area contributed by atoms with Gasteiger partial charge in [-0.25, -0.2) is 18.6 Å². The number of hydrogen-bond acceptors (Lipinski definition) is 5. The van der Waals surface area contributed by atoms with Crippen molar-refractivity contribution in [3.8, 4) is 5.75 Å². The van der Waals surface area contributed by atoms with Crippen LogP contribution in [0, 0.1) is 0 Å². The molecule has 0 aliphatic carbocycles. The minimum atomic E-state index is -3.24. The molecule has 0 saturated carbocycles. The molecule has 0 atom stereocenters. The monoisotopic (exact) mass is 400 g/mol. The Balaban J connectivity index is 2.08. The molecule has 6 nitrogen and oxygen atoms in total. The second kappa shape index (κ2) is 12.3. The first-order valence-corrected chi connectivity index (χ1v) is 11.3. The lowest BCUT2D eigenvalue weighted by molar-refractivity contribution is 0.0271. The maximum absolute atomic E-state index is 11.9. The zero-order chi connectivity index (χ0) is 20.2. The fraction of sp³-hybridized carbons (Fsp3) is 0.700. The van der Waals surface area contributed by atoms with Crippen molar-refractivity contribution in [2.45, 2.75) is 71.2 Å².